The van der Waals surface area contributed by atoms with E-state index in [0.29, 0.717) is 6.42 Å². The molecule has 0 aromatic carbocycles. The Balaban J connectivity index is 4.70. The summed E-state index contributed by atoms with van der Waals surface area (Å²) >= 11 is 0. The standard InChI is InChI=1S/C12H25NO2/c1-7-8-12(5,10(14)15)13(6)9-11(2,3)4/h7-9H2,1-6H3,(H,14,15). The third kappa shape index (κ3) is 4.20. The van der Waals surface area contributed by atoms with Gasteiger partial charge in [-0.25, -0.2) is 0 Å². The van der Waals surface area contributed by atoms with Crippen molar-refractivity contribution >= 4 is 5.97 Å². The number of aliphatic carboxylic acids is 1. The van der Waals surface area contributed by atoms with Crippen molar-refractivity contribution in [2.45, 2.75) is 53.0 Å². The van der Waals surface area contributed by atoms with E-state index < -0.39 is 11.5 Å². The van der Waals surface area contributed by atoms with E-state index >= 15 is 0 Å². The van der Waals surface area contributed by atoms with E-state index in [-0.39, 0.29) is 5.41 Å². The number of nitrogens with zero attached hydrogens (tertiary/aromatic N) is 1. The van der Waals surface area contributed by atoms with Crippen LogP contribution in [0.15, 0.2) is 0 Å². The van der Waals surface area contributed by atoms with Gasteiger partial charge < -0.3 is 5.11 Å². The van der Waals surface area contributed by atoms with E-state index in [4.69, 9.17) is 0 Å². The van der Waals surface area contributed by atoms with Crippen LogP contribution in [-0.4, -0.2) is 35.1 Å². The number of likely N-dealkylation sites (N-methyl/N-ethyl adjacent to an activating group) is 1. The molecule has 0 aliphatic heterocycles. The number of carboxylic acids is 1. The van der Waals surface area contributed by atoms with Crippen LogP contribution in [0.5, 0.6) is 0 Å². The number of hydrogen-bond acceptors (Lipinski definition) is 2. The zero-order chi connectivity index (χ0) is 12.3. The zero-order valence-electron chi connectivity index (χ0n) is 10.9. The summed E-state index contributed by atoms with van der Waals surface area (Å²) in [6.07, 6.45) is 1.58. The first-order valence-corrected chi connectivity index (χ1v) is 5.58. The summed E-state index contributed by atoms with van der Waals surface area (Å²) in [5.74, 6) is -0.726. The monoisotopic (exact) mass is 215 g/mol. The predicted octanol–water partition coefficient (Wildman–Crippen LogP) is 2.61. The van der Waals surface area contributed by atoms with Gasteiger partial charge >= 0.3 is 5.97 Å². The number of carbonyl (C=O) groups is 1. The normalized spacial score (nSPS) is 16.5. The van der Waals surface area contributed by atoms with Gasteiger partial charge in [0, 0.05) is 6.54 Å². The van der Waals surface area contributed by atoms with Crippen LogP contribution in [0.25, 0.3) is 0 Å². The molecule has 0 spiro atoms. The van der Waals surface area contributed by atoms with Crippen molar-refractivity contribution in [3.05, 3.63) is 0 Å². The topological polar surface area (TPSA) is 40.5 Å². The minimum absolute atomic E-state index is 0.124. The van der Waals surface area contributed by atoms with Gasteiger partial charge in [0.2, 0.25) is 0 Å². The predicted molar refractivity (Wildman–Crippen MR) is 63.0 cm³/mol. The molecule has 0 radical (unpaired) electrons. The second-order valence-corrected chi connectivity index (χ2v) is 5.75. The highest BCUT2D eigenvalue weighted by molar-refractivity contribution is 5.78. The van der Waals surface area contributed by atoms with Crippen LogP contribution in [0.1, 0.15) is 47.5 Å². The minimum atomic E-state index is -0.734. The molecule has 1 unspecified atom stereocenters. The third-order valence-corrected chi connectivity index (χ3v) is 2.75. The lowest BCUT2D eigenvalue weighted by molar-refractivity contribution is -0.150. The fourth-order valence-corrected chi connectivity index (χ4v) is 1.83. The molecule has 15 heavy (non-hydrogen) atoms. The second kappa shape index (κ2) is 4.97. The molecule has 0 saturated heterocycles. The molecule has 0 saturated carbocycles. The highest BCUT2D eigenvalue weighted by atomic mass is 16.4. The number of rotatable bonds is 5. The molecule has 0 rings (SSSR count). The summed E-state index contributed by atoms with van der Waals surface area (Å²) < 4.78 is 0. The summed E-state index contributed by atoms with van der Waals surface area (Å²) in [4.78, 5) is 13.3. The molecule has 3 nitrogen and oxygen atoms in total. The van der Waals surface area contributed by atoms with E-state index in [0.717, 1.165) is 13.0 Å². The Morgan fingerprint density at radius 2 is 1.73 bits per heavy atom. The molecule has 1 atom stereocenters. The van der Waals surface area contributed by atoms with Crippen LogP contribution in [-0.2, 0) is 4.79 Å². The average molecular weight is 215 g/mol. The first-order valence-electron chi connectivity index (χ1n) is 5.58. The second-order valence-electron chi connectivity index (χ2n) is 5.75. The molecule has 0 aliphatic rings. The van der Waals surface area contributed by atoms with Gasteiger partial charge in [0.25, 0.3) is 0 Å². The quantitative estimate of drug-likeness (QED) is 0.766. The molecule has 0 aliphatic carbocycles. The van der Waals surface area contributed by atoms with Crippen molar-refractivity contribution in [2.75, 3.05) is 13.6 Å². The number of carboxylic acid groups (broad SMARTS) is 1. The SMILES string of the molecule is CCCC(C)(C(=O)O)N(C)CC(C)(C)C. The third-order valence-electron chi connectivity index (χ3n) is 2.75. The van der Waals surface area contributed by atoms with Crippen molar-refractivity contribution in [2.24, 2.45) is 5.41 Å². The van der Waals surface area contributed by atoms with Crippen LogP contribution >= 0.6 is 0 Å². The molecule has 1 N–H and O–H groups in total. The molecule has 90 valence electrons. The average Bonchev–Trinajstić information content (AvgIpc) is 2.00. The van der Waals surface area contributed by atoms with Gasteiger partial charge in [-0.3, -0.25) is 9.69 Å². The Kier molecular flexibility index (Phi) is 4.78. The van der Waals surface area contributed by atoms with Crippen LogP contribution in [0.3, 0.4) is 0 Å². The summed E-state index contributed by atoms with van der Waals surface area (Å²) in [5.41, 5.74) is -0.610. The van der Waals surface area contributed by atoms with Crippen LogP contribution in [0.4, 0.5) is 0 Å². The highest BCUT2D eigenvalue weighted by Crippen LogP contribution is 2.25. The van der Waals surface area contributed by atoms with Crippen molar-refractivity contribution in [3.8, 4) is 0 Å². The molecule has 3 heteroatoms. The first kappa shape index (κ1) is 14.4. The van der Waals surface area contributed by atoms with E-state index in [2.05, 4.69) is 20.8 Å². The van der Waals surface area contributed by atoms with Crippen LogP contribution in [0.2, 0.25) is 0 Å². The first-order chi connectivity index (χ1) is 6.63. The summed E-state index contributed by atoms with van der Waals surface area (Å²) in [7, 11) is 1.90. The van der Waals surface area contributed by atoms with E-state index in [9.17, 15) is 9.90 Å². The van der Waals surface area contributed by atoms with E-state index in [1.165, 1.54) is 0 Å². The van der Waals surface area contributed by atoms with Gasteiger partial charge in [0.1, 0.15) is 5.54 Å². The van der Waals surface area contributed by atoms with Crippen LogP contribution in [0, 0.1) is 5.41 Å². The molecule has 0 bridgehead atoms. The largest absolute Gasteiger partial charge is 0.480 e. The number of hydrogen-bond donors (Lipinski definition) is 1. The lowest BCUT2D eigenvalue weighted by Crippen LogP contribution is -2.52. The minimum Gasteiger partial charge on any atom is -0.480 e. The van der Waals surface area contributed by atoms with E-state index in [1.54, 1.807) is 0 Å². The van der Waals surface area contributed by atoms with Crippen molar-refractivity contribution in [1.29, 1.82) is 0 Å². The van der Waals surface area contributed by atoms with Gasteiger partial charge in [-0.2, -0.15) is 0 Å². The van der Waals surface area contributed by atoms with Gasteiger partial charge in [-0.1, -0.05) is 34.1 Å². The van der Waals surface area contributed by atoms with Gasteiger partial charge in [-0.05, 0) is 25.8 Å². The lowest BCUT2D eigenvalue weighted by Gasteiger charge is -2.38. The Labute approximate surface area is 93.5 Å². The Morgan fingerprint density at radius 1 is 1.27 bits per heavy atom. The lowest BCUT2D eigenvalue weighted by atomic mass is 9.89. The fraction of sp³-hybridized carbons (Fsp3) is 0.917. The molecular weight excluding hydrogens is 190 g/mol. The summed E-state index contributed by atoms with van der Waals surface area (Å²) in [6.45, 7) is 11.0. The van der Waals surface area contributed by atoms with Crippen molar-refractivity contribution in [3.63, 3.8) is 0 Å². The maximum Gasteiger partial charge on any atom is 0.323 e. The van der Waals surface area contributed by atoms with Gasteiger partial charge in [-0.15, -0.1) is 0 Å². The maximum atomic E-state index is 11.3. The molecule has 0 aromatic heterocycles. The smallest absolute Gasteiger partial charge is 0.323 e. The summed E-state index contributed by atoms with van der Waals surface area (Å²) in [5, 5.41) is 9.29. The summed E-state index contributed by atoms with van der Waals surface area (Å²) in [6, 6.07) is 0. The molecule has 0 fully saturated rings. The van der Waals surface area contributed by atoms with Gasteiger partial charge in [0.15, 0.2) is 0 Å². The highest BCUT2D eigenvalue weighted by Gasteiger charge is 2.37. The van der Waals surface area contributed by atoms with Crippen molar-refractivity contribution < 1.29 is 9.90 Å². The molecule has 0 aromatic rings. The fourth-order valence-electron chi connectivity index (χ4n) is 1.83. The van der Waals surface area contributed by atoms with Crippen LogP contribution < -0.4 is 0 Å². The van der Waals surface area contributed by atoms with Gasteiger partial charge in [0.05, 0.1) is 0 Å². The Bertz CT molecular complexity index is 220. The van der Waals surface area contributed by atoms with E-state index in [1.807, 2.05) is 25.8 Å². The Morgan fingerprint density at radius 3 is 2.00 bits per heavy atom. The zero-order valence-corrected chi connectivity index (χ0v) is 10.9. The molecule has 0 amide bonds. The maximum absolute atomic E-state index is 11.3. The van der Waals surface area contributed by atoms with Crippen molar-refractivity contribution in [1.82, 2.24) is 4.90 Å². The molecule has 0 heterocycles. The Hall–Kier alpha value is -0.570. The molecular formula is C12H25NO2.